The highest BCUT2D eigenvalue weighted by Gasteiger charge is 2.05. The molecule has 1 heterocycles. The number of fused-ring (bicyclic) bond motifs is 1. The third kappa shape index (κ3) is 2.26. The van der Waals surface area contributed by atoms with Crippen LogP contribution in [-0.4, -0.2) is 4.57 Å². The van der Waals surface area contributed by atoms with Crippen molar-refractivity contribution in [2.24, 2.45) is 0 Å². The summed E-state index contributed by atoms with van der Waals surface area (Å²) in [6.45, 7) is 7.17. The lowest BCUT2D eigenvalue weighted by molar-refractivity contribution is 0.659. The molecule has 0 spiro atoms. The minimum absolute atomic E-state index is 0.131. The van der Waals surface area contributed by atoms with Crippen molar-refractivity contribution in [3.05, 3.63) is 46.4 Å². The maximum absolute atomic E-state index is 12.3. The van der Waals surface area contributed by atoms with Gasteiger partial charge in [0, 0.05) is 18.1 Å². The molecule has 2 aromatic rings. The number of pyridine rings is 1. The fourth-order valence-corrected chi connectivity index (χ4v) is 2.07. The molecular weight excluding hydrogens is 210 g/mol. The molecule has 0 unspecified atom stereocenters. The zero-order valence-corrected chi connectivity index (χ0v) is 10.7. The summed E-state index contributed by atoms with van der Waals surface area (Å²) in [6, 6.07) is 8.21. The van der Waals surface area contributed by atoms with Gasteiger partial charge in [0.1, 0.15) is 0 Å². The van der Waals surface area contributed by atoms with Gasteiger partial charge in [-0.3, -0.25) is 4.79 Å². The fraction of sp³-hybridized carbons (Fsp3) is 0.400. The van der Waals surface area contributed by atoms with E-state index in [9.17, 15) is 4.79 Å². The zero-order valence-electron chi connectivity index (χ0n) is 10.7. The maximum Gasteiger partial charge on any atom is 0.258 e. The average molecular weight is 229 g/mol. The van der Waals surface area contributed by atoms with Crippen LogP contribution in [0.2, 0.25) is 0 Å². The molecule has 1 aromatic carbocycles. The van der Waals surface area contributed by atoms with Gasteiger partial charge in [-0.2, -0.15) is 0 Å². The van der Waals surface area contributed by atoms with Crippen LogP contribution in [-0.2, 0) is 6.54 Å². The van der Waals surface area contributed by atoms with Gasteiger partial charge in [-0.1, -0.05) is 32.9 Å². The number of rotatable bonds is 3. The highest BCUT2D eigenvalue weighted by Crippen LogP contribution is 2.18. The second-order valence-electron chi connectivity index (χ2n) is 4.82. The standard InChI is InChI=1S/C15H19NO/c1-4-8-16-9-7-12-5-6-13(11(2)3)10-14(12)15(16)17/h5-7,9-11H,4,8H2,1-3H3. The van der Waals surface area contributed by atoms with E-state index in [1.807, 2.05) is 24.4 Å². The van der Waals surface area contributed by atoms with Crippen molar-refractivity contribution in [3.8, 4) is 0 Å². The van der Waals surface area contributed by atoms with Crippen molar-refractivity contribution in [2.45, 2.75) is 39.7 Å². The Kier molecular flexibility index (Phi) is 3.32. The topological polar surface area (TPSA) is 22.0 Å². The number of aryl methyl sites for hydroxylation is 1. The van der Waals surface area contributed by atoms with E-state index in [0.717, 1.165) is 23.7 Å². The number of hydrogen-bond donors (Lipinski definition) is 0. The van der Waals surface area contributed by atoms with E-state index in [4.69, 9.17) is 0 Å². The molecule has 0 aliphatic heterocycles. The fourth-order valence-electron chi connectivity index (χ4n) is 2.07. The number of benzene rings is 1. The molecule has 1 aromatic heterocycles. The molecule has 17 heavy (non-hydrogen) atoms. The predicted molar refractivity (Wildman–Crippen MR) is 72.6 cm³/mol. The van der Waals surface area contributed by atoms with Gasteiger partial charge in [-0.05, 0) is 35.4 Å². The molecule has 2 heteroatoms. The molecule has 0 fully saturated rings. The third-order valence-corrected chi connectivity index (χ3v) is 3.13. The quantitative estimate of drug-likeness (QED) is 0.789. The molecule has 2 rings (SSSR count). The van der Waals surface area contributed by atoms with Gasteiger partial charge >= 0.3 is 0 Å². The van der Waals surface area contributed by atoms with Gasteiger partial charge in [-0.25, -0.2) is 0 Å². The number of hydrogen-bond acceptors (Lipinski definition) is 1. The van der Waals surface area contributed by atoms with E-state index < -0.39 is 0 Å². The molecule has 0 saturated heterocycles. The van der Waals surface area contributed by atoms with Crippen LogP contribution >= 0.6 is 0 Å². The summed E-state index contributed by atoms with van der Waals surface area (Å²) in [5.74, 6) is 0.457. The molecule has 0 N–H and O–H groups in total. The first kappa shape index (κ1) is 11.9. The summed E-state index contributed by atoms with van der Waals surface area (Å²) in [5.41, 5.74) is 1.36. The monoisotopic (exact) mass is 229 g/mol. The molecule has 0 aliphatic rings. The third-order valence-electron chi connectivity index (χ3n) is 3.13. The van der Waals surface area contributed by atoms with Crippen molar-refractivity contribution >= 4 is 10.8 Å². The first-order chi connectivity index (χ1) is 8.13. The second kappa shape index (κ2) is 4.74. The van der Waals surface area contributed by atoms with Crippen LogP contribution < -0.4 is 5.56 Å². The number of nitrogens with zero attached hydrogens (tertiary/aromatic N) is 1. The Morgan fingerprint density at radius 3 is 2.65 bits per heavy atom. The Balaban J connectivity index is 2.65. The van der Waals surface area contributed by atoms with Gasteiger partial charge in [0.05, 0.1) is 0 Å². The van der Waals surface area contributed by atoms with Gasteiger partial charge < -0.3 is 4.57 Å². The van der Waals surface area contributed by atoms with E-state index in [0.29, 0.717) is 5.92 Å². The van der Waals surface area contributed by atoms with E-state index >= 15 is 0 Å². The second-order valence-corrected chi connectivity index (χ2v) is 4.82. The maximum atomic E-state index is 12.3. The SMILES string of the molecule is CCCn1ccc2ccc(C(C)C)cc2c1=O. The van der Waals surface area contributed by atoms with Crippen LogP contribution in [0.5, 0.6) is 0 Å². The van der Waals surface area contributed by atoms with Gasteiger partial charge in [0.15, 0.2) is 0 Å². The van der Waals surface area contributed by atoms with E-state index in [1.165, 1.54) is 5.56 Å². The summed E-state index contributed by atoms with van der Waals surface area (Å²) in [6.07, 6.45) is 2.87. The van der Waals surface area contributed by atoms with E-state index in [-0.39, 0.29) is 5.56 Å². The largest absolute Gasteiger partial charge is 0.315 e. The van der Waals surface area contributed by atoms with E-state index in [1.54, 1.807) is 4.57 Å². The molecule has 0 aliphatic carbocycles. The van der Waals surface area contributed by atoms with Crippen LogP contribution in [0, 0.1) is 0 Å². The molecule has 2 nitrogen and oxygen atoms in total. The van der Waals surface area contributed by atoms with Crippen molar-refractivity contribution < 1.29 is 0 Å². The first-order valence-electron chi connectivity index (χ1n) is 6.26. The lowest BCUT2D eigenvalue weighted by Gasteiger charge is -2.09. The lowest BCUT2D eigenvalue weighted by Crippen LogP contribution is -2.19. The molecule has 0 saturated carbocycles. The molecule has 0 radical (unpaired) electrons. The molecule has 0 atom stereocenters. The minimum atomic E-state index is 0.131. The minimum Gasteiger partial charge on any atom is -0.315 e. The highest BCUT2D eigenvalue weighted by molar-refractivity contribution is 5.82. The smallest absolute Gasteiger partial charge is 0.258 e. The van der Waals surface area contributed by atoms with Crippen molar-refractivity contribution in [2.75, 3.05) is 0 Å². The Hall–Kier alpha value is -1.57. The van der Waals surface area contributed by atoms with Crippen LogP contribution in [0.1, 0.15) is 38.7 Å². The summed E-state index contributed by atoms with van der Waals surface area (Å²) >= 11 is 0. The summed E-state index contributed by atoms with van der Waals surface area (Å²) in [7, 11) is 0. The van der Waals surface area contributed by atoms with Crippen LogP contribution in [0.15, 0.2) is 35.3 Å². The van der Waals surface area contributed by atoms with Crippen LogP contribution in [0.25, 0.3) is 10.8 Å². The molecule has 0 bridgehead atoms. The van der Waals surface area contributed by atoms with E-state index in [2.05, 4.69) is 26.8 Å². The van der Waals surface area contributed by atoms with Gasteiger partial charge in [0.25, 0.3) is 5.56 Å². The zero-order chi connectivity index (χ0) is 12.4. The van der Waals surface area contributed by atoms with Crippen molar-refractivity contribution in [1.82, 2.24) is 4.57 Å². The first-order valence-corrected chi connectivity index (χ1v) is 6.26. The summed E-state index contributed by atoms with van der Waals surface area (Å²) in [5, 5.41) is 1.87. The average Bonchev–Trinajstić information content (AvgIpc) is 2.32. The Labute approximate surface area is 102 Å². The van der Waals surface area contributed by atoms with Crippen LogP contribution in [0.3, 0.4) is 0 Å². The Morgan fingerprint density at radius 2 is 2.00 bits per heavy atom. The lowest BCUT2D eigenvalue weighted by atomic mass is 10.0. The summed E-state index contributed by atoms with van der Waals surface area (Å²) in [4.78, 5) is 12.3. The Morgan fingerprint density at radius 1 is 1.24 bits per heavy atom. The number of aromatic nitrogens is 1. The summed E-state index contributed by atoms with van der Waals surface area (Å²) < 4.78 is 1.80. The highest BCUT2D eigenvalue weighted by atomic mass is 16.1. The normalized spacial score (nSPS) is 11.3. The molecule has 90 valence electrons. The van der Waals surface area contributed by atoms with Crippen molar-refractivity contribution in [3.63, 3.8) is 0 Å². The Bertz CT molecular complexity index is 581. The molecular formula is C15H19NO. The van der Waals surface area contributed by atoms with Gasteiger partial charge in [0.2, 0.25) is 0 Å². The predicted octanol–water partition coefficient (Wildman–Crippen LogP) is 3.53. The molecule has 0 amide bonds. The van der Waals surface area contributed by atoms with Crippen LogP contribution in [0.4, 0.5) is 0 Å². The van der Waals surface area contributed by atoms with Gasteiger partial charge in [-0.15, -0.1) is 0 Å². The van der Waals surface area contributed by atoms with Crippen molar-refractivity contribution in [1.29, 1.82) is 0 Å².